The molecule has 5 rings (SSSR count). The summed E-state index contributed by atoms with van der Waals surface area (Å²) in [5, 5.41) is 7.53. The number of allylic oxidation sites excluding steroid dienone is 1. The van der Waals surface area contributed by atoms with Crippen molar-refractivity contribution in [2.24, 2.45) is 11.0 Å². The second-order valence-electron chi connectivity index (χ2n) is 9.93. The molecule has 3 aromatic carbocycles. The Kier molecular flexibility index (Phi) is 9.04. The van der Waals surface area contributed by atoms with Gasteiger partial charge in [0.15, 0.2) is 18.1 Å². The fourth-order valence-corrected chi connectivity index (χ4v) is 5.78. The van der Waals surface area contributed by atoms with Gasteiger partial charge in [0.25, 0.3) is 5.91 Å². The van der Waals surface area contributed by atoms with Crippen molar-refractivity contribution in [3.05, 3.63) is 93.0 Å². The molecule has 218 valence electrons. The number of fused-ring (bicyclic) bond motifs is 1. The van der Waals surface area contributed by atoms with Gasteiger partial charge < -0.3 is 18.9 Å². The monoisotopic (exact) mass is 608 g/mol. The van der Waals surface area contributed by atoms with Crippen LogP contribution >= 0.6 is 23.2 Å². The van der Waals surface area contributed by atoms with E-state index in [-0.39, 0.29) is 23.3 Å². The topological polar surface area (TPSA) is 86.7 Å². The van der Waals surface area contributed by atoms with E-state index in [2.05, 4.69) is 6.08 Å². The van der Waals surface area contributed by atoms with Crippen LogP contribution in [0, 0.1) is 5.92 Å². The Bertz CT molecular complexity index is 1550. The third kappa shape index (κ3) is 6.10. The minimum Gasteiger partial charge on any atom is -0.496 e. The number of halogens is 2. The highest BCUT2D eigenvalue weighted by Gasteiger charge is 2.44. The first-order valence-electron chi connectivity index (χ1n) is 13.4. The summed E-state index contributed by atoms with van der Waals surface area (Å²) < 4.78 is 21.4. The van der Waals surface area contributed by atoms with Crippen LogP contribution in [0.2, 0.25) is 10.0 Å². The average molecular weight is 610 g/mol. The molecule has 0 spiro atoms. The van der Waals surface area contributed by atoms with Crippen molar-refractivity contribution in [3.8, 4) is 17.2 Å². The number of nitrogens with zero attached hydrogens (tertiary/aromatic N) is 2. The summed E-state index contributed by atoms with van der Waals surface area (Å²) in [7, 11) is 4.37. The van der Waals surface area contributed by atoms with E-state index in [0.717, 1.165) is 41.7 Å². The van der Waals surface area contributed by atoms with Gasteiger partial charge in [-0.05, 0) is 66.3 Å². The molecule has 0 radical (unpaired) electrons. The van der Waals surface area contributed by atoms with Crippen LogP contribution in [0.5, 0.6) is 17.2 Å². The molecule has 0 saturated heterocycles. The van der Waals surface area contributed by atoms with Gasteiger partial charge in [-0.15, -0.1) is 0 Å². The molecule has 1 saturated carbocycles. The second kappa shape index (κ2) is 12.9. The number of hydrazone groups is 1. The van der Waals surface area contributed by atoms with E-state index in [0.29, 0.717) is 21.5 Å². The zero-order valence-corrected chi connectivity index (χ0v) is 24.9. The van der Waals surface area contributed by atoms with Crippen molar-refractivity contribution in [2.45, 2.75) is 25.3 Å². The largest absolute Gasteiger partial charge is 0.496 e. The van der Waals surface area contributed by atoms with Gasteiger partial charge in [0, 0.05) is 28.1 Å². The molecule has 0 aromatic heterocycles. The molecule has 1 aliphatic carbocycles. The maximum Gasteiger partial charge on any atom is 0.342 e. The molecular formula is C32H30Cl2N2O6. The highest BCUT2D eigenvalue weighted by molar-refractivity contribution is 6.31. The predicted molar refractivity (Wildman–Crippen MR) is 162 cm³/mol. The summed E-state index contributed by atoms with van der Waals surface area (Å²) in [6.07, 6.45) is 4.69. The van der Waals surface area contributed by atoms with Crippen LogP contribution in [0.15, 0.2) is 71.3 Å². The molecule has 10 heteroatoms. The molecule has 0 N–H and O–H groups in total. The highest BCUT2D eigenvalue weighted by atomic mass is 35.5. The van der Waals surface area contributed by atoms with Gasteiger partial charge in [-0.1, -0.05) is 47.5 Å². The molecule has 1 heterocycles. The zero-order valence-electron chi connectivity index (χ0n) is 23.4. The van der Waals surface area contributed by atoms with Gasteiger partial charge in [-0.25, -0.2) is 9.80 Å². The third-order valence-corrected chi connectivity index (χ3v) is 7.90. The van der Waals surface area contributed by atoms with Crippen LogP contribution in [0.1, 0.15) is 46.8 Å². The molecule has 2 unspecified atom stereocenters. The maximum atomic E-state index is 13.7. The first-order valence-corrected chi connectivity index (χ1v) is 14.2. The first kappa shape index (κ1) is 29.5. The average Bonchev–Trinajstić information content (AvgIpc) is 3.40. The maximum absolute atomic E-state index is 13.7. The quantitative estimate of drug-likeness (QED) is 0.256. The summed E-state index contributed by atoms with van der Waals surface area (Å²) in [4.78, 5) is 26.8. The van der Waals surface area contributed by atoms with E-state index >= 15 is 0 Å². The number of amides is 1. The Balaban J connectivity index is 1.43. The smallest absolute Gasteiger partial charge is 0.342 e. The first-order chi connectivity index (χ1) is 20.3. The molecule has 2 aliphatic rings. The highest BCUT2D eigenvalue weighted by Crippen LogP contribution is 2.44. The number of benzene rings is 3. The number of methoxy groups -OCH3 is 3. The zero-order chi connectivity index (χ0) is 29.8. The van der Waals surface area contributed by atoms with Gasteiger partial charge in [0.05, 0.1) is 33.1 Å². The summed E-state index contributed by atoms with van der Waals surface area (Å²) in [5.74, 6) is -0.275. The van der Waals surface area contributed by atoms with Crippen molar-refractivity contribution < 1.29 is 28.5 Å². The van der Waals surface area contributed by atoms with Crippen LogP contribution < -0.4 is 14.2 Å². The molecule has 2 atom stereocenters. The van der Waals surface area contributed by atoms with Crippen molar-refractivity contribution in [1.29, 1.82) is 0 Å². The SMILES string of the molecule is COc1cc(OC)c(C(=O)OCC(=O)N2N=C3C(=Cc4cccc(Cl)c4)CCCC3C2c2ccc(Cl)cc2)cc1OC. The van der Waals surface area contributed by atoms with Crippen molar-refractivity contribution >= 4 is 46.9 Å². The lowest BCUT2D eigenvalue weighted by Gasteiger charge is -2.29. The van der Waals surface area contributed by atoms with Crippen molar-refractivity contribution in [2.75, 3.05) is 27.9 Å². The molecular weight excluding hydrogens is 579 g/mol. The normalized spacial score (nSPS) is 18.7. The van der Waals surface area contributed by atoms with E-state index in [1.165, 1.54) is 38.5 Å². The predicted octanol–water partition coefficient (Wildman–Crippen LogP) is 7.00. The molecule has 1 amide bonds. The number of rotatable bonds is 8. The number of hydrogen-bond acceptors (Lipinski definition) is 7. The Labute approximate surface area is 254 Å². The van der Waals surface area contributed by atoms with E-state index < -0.39 is 18.5 Å². The van der Waals surface area contributed by atoms with Crippen LogP contribution in [-0.2, 0) is 9.53 Å². The van der Waals surface area contributed by atoms with E-state index in [1.807, 2.05) is 36.4 Å². The fourth-order valence-electron chi connectivity index (χ4n) is 5.46. The minimum absolute atomic E-state index is 0.0315. The van der Waals surface area contributed by atoms with Crippen LogP contribution in [0.25, 0.3) is 6.08 Å². The Hall–Kier alpha value is -4.01. The Morgan fingerprint density at radius 3 is 2.33 bits per heavy atom. The summed E-state index contributed by atoms with van der Waals surface area (Å²) in [6, 6.07) is 17.6. The van der Waals surface area contributed by atoms with Gasteiger partial charge in [-0.2, -0.15) is 5.10 Å². The van der Waals surface area contributed by atoms with E-state index in [9.17, 15) is 9.59 Å². The number of ether oxygens (including phenoxy) is 4. The van der Waals surface area contributed by atoms with Crippen LogP contribution in [0.4, 0.5) is 0 Å². The molecule has 3 aromatic rings. The lowest BCUT2D eigenvalue weighted by Crippen LogP contribution is -2.34. The molecule has 42 heavy (non-hydrogen) atoms. The number of hydrogen-bond donors (Lipinski definition) is 0. The number of carbonyl (C=O) groups excluding carboxylic acids is 2. The summed E-state index contributed by atoms with van der Waals surface area (Å²) in [5.41, 5.74) is 3.86. The molecule has 1 aliphatic heterocycles. The Morgan fingerprint density at radius 2 is 1.64 bits per heavy atom. The van der Waals surface area contributed by atoms with Crippen molar-refractivity contribution in [1.82, 2.24) is 5.01 Å². The third-order valence-electron chi connectivity index (χ3n) is 7.41. The van der Waals surface area contributed by atoms with Crippen molar-refractivity contribution in [3.63, 3.8) is 0 Å². The molecule has 1 fully saturated rings. The van der Waals surface area contributed by atoms with Gasteiger partial charge in [0.1, 0.15) is 11.3 Å². The van der Waals surface area contributed by atoms with Crippen LogP contribution in [0.3, 0.4) is 0 Å². The standard InChI is InChI=1S/C32H30Cl2N2O6/c1-39-26-17-28(41-3)27(40-2)16-25(26)32(38)42-18-29(37)36-31(20-10-12-22(33)13-11-20)24-9-5-7-21(30(24)35-36)14-19-6-4-8-23(34)15-19/h4,6,8,10-17,24,31H,5,7,9,18H2,1-3H3. The summed E-state index contributed by atoms with van der Waals surface area (Å²) in [6.45, 7) is -0.517. The van der Waals surface area contributed by atoms with E-state index in [4.69, 9.17) is 47.3 Å². The molecule has 8 nitrogen and oxygen atoms in total. The fraction of sp³-hybridized carbons (Fsp3) is 0.281. The molecule has 0 bridgehead atoms. The summed E-state index contributed by atoms with van der Waals surface area (Å²) >= 11 is 12.4. The van der Waals surface area contributed by atoms with Gasteiger partial charge >= 0.3 is 5.97 Å². The number of carbonyl (C=O) groups is 2. The second-order valence-corrected chi connectivity index (χ2v) is 10.8. The minimum atomic E-state index is -0.741. The Morgan fingerprint density at radius 1 is 0.929 bits per heavy atom. The lowest BCUT2D eigenvalue weighted by atomic mass is 9.77. The lowest BCUT2D eigenvalue weighted by molar-refractivity contribution is -0.137. The van der Waals surface area contributed by atoms with Gasteiger partial charge in [0.2, 0.25) is 0 Å². The number of esters is 1. The van der Waals surface area contributed by atoms with Crippen LogP contribution in [-0.4, -0.2) is 50.5 Å². The van der Waals surface area contributed by atoms with E-state index in [1.54, 1.807) is 12.1 Å². The van der Waals surface area contributed by atoms with Gasteiger partial charge in [-0.3, -0.25) is 4.79 Å².